The molecule has 1 aliphatic heterocycles. The van der Waals surface area contributed by atoms with E-state index in [-0.39, 0.29) is 23.3 Å². The topological polar surface area (TPSA) is 123 Å². The Balaban J connectivity index is 1.52. The lowest BCUT2D eigenvalue weighted by molar-refractivity contribution is -0.384. The Labute approximate surface area is 196 Å². The number of benzene rings is 2. The van der Waals surface area contributed by atoms with Crippen molar-refractivity contribution in [3.8, 4) is 5.69 Å². The third kappa shape index (κ3) is 4.52. The molecule has 10 nitrogen and oxygen atoms in total. The fourth-order valence-corrected chi connectivity index (χ4v) is 4.21. The van der Waals surface area contributed by atoms with E-state index >= 15 is 0 Å². The lowest BCUT2D eigenvalue weighted by Gasteiger charge is -2.33. The summed E-state index contributed by atoms with van der Waals surface area (Å²) in [7, 11) is 0. The normalized spacial score (nSPS) is 15.7. The molecule has 176 valence electrons. The van der Waals surface area contributed by atoms with Gasteiger partial charge in [-0.05, 0) is 69.9 Å². The predicted molar refractivity (Wildman–Crippen MR) is 126 cm³/mol. The van der Waals surface area contributed by atoms with Gasteiger partial charge in [0, 0.05) is 36.0 Å². The number of aromatic nitrogens is 3. The third-order valence-electron chi connectivity index (χ3n) is 6.18. The number of carbonyl (C=O) groups is 2. The van der Waals surface area contributed by atoms with Gasteiger partial charge in [0.05, 0.1) is 16.3 Å². The van der Waals surface area contributed by atoms with E-state index in [9.17, 15) is 19.7 Å². The van der Waals surface area contributed by atoms with E-state index in [1.807, 2.05) is 11.8 Å². The van der Waals surface area contributed by atoms with Crippen molar-refractivity contribution in [3.05, 3.63) is 75.1 Å². The molecule has 34 heavy (non-hydrogen) atoms. The molecular weight excluding hydrogens is 436 g/mol. The first-order valence-electron chi connectivity index (χ1n) is 11.2. The Morgan fingerprint density at radius 1 is 1.15 bits per heavy atom. The number of nitrogens with zero attached hydrogens (tertiary/aromatic N) is 5. The number of amides is 2. The van der Waals surface area contributed by atoms with Crippen molar-refractivity contribution in [1.29, 1.82) is 0 Å². The van der Waals surface area contributed by atoms with Crippen LogP contribution in [0, 0.1) is 24.0 Å². The molecule has 3 aromatic rings. The zero-order chi connectivity index (χ0) is 24.4. The molecular formula is C24H26N6O4. The molecule has 1 atom stereocenters. The van der Waals surface area contributed by atoms with Crippen molar-refractivity contribution < 1.29 is 14.5 Å². The SMILES string of the molecule is Cc1cc(C(=O)N2CCCCC2C)ccc1NC(=O)c1nnn(-c2cccc([N+](=O)[O-])c2)c1C. The van der Waals surface area contributed by atoms with E-state index in [4.69, 9.17) is 0 Å². The summed E-state index contributed by atoms with van der Waals surface area (Å²) in [5, 5.41) is 21.9. The average molecular weight is 463 g/mol. The minimum Gasteiger partial charge on any atom is -0.336 e. The standard InChI is InChI=1S/C24H26N6O4/c1-15-13-18(24(32)28-12-5-4-7-16(28)2)10-11-21(15)25-23(31)22-17(3)29(27-26-22)19-8-6-9-20(14-19)30(33)34/h6,8-11,13-14,16H,4-5,7,12H2,1-3H3,(H,25,31). The van der Waals surface area contributed by atoms with Crippen LogP contribution in [0.4, 0.5) is 11.4 Å². The van der Waals surface area contributed by atoms with Gasteiger partial charge in [-0.1, -0.05) is 11.3 Å². The van der Waals surface area contributed by atoms with E-state index in [2.05, 4.69) is 22.6 Å². The molecule has 2 aromatic carbocycles. The highest BCUT2D eigenvalue weighted by atomic mass is 16.6. The first kappa shape index (κ1) is 23.1. The number of nitrogens with one attached hydrogen (secondary N) is 1. The summed E-state index contributed by atoms with van der Waals surface area (Å²) < 4.78 is 1.39. The Kier molecular flexibility index (Phi) is 6.40. The highest BCUT2D eigenvalue weighted by Crippen LogP contribution is 2.23. The number of nitro groups is 1. The average Bonchev–Trinajstić information content (AvgIpc) is 3.21. The summed E-state index contributed by atoms with van der Waals surface area (Å²) in [6.07, 6.45) is 3.16. The second-order valence-electron chi connectivity index (χ2n) is 8.54. The molecule has 0 radical (unpaired) electrons. The van der Waals surface area contributed by atoms with Crippen LogP contribution < -0.4 is 5.32 Å². The van der Waals surface area contributed by atoms with Gasteiger partial charge in [0.25, 0.3) is 17.5 Å². The number of aryl methyl sites for hydroxylation is 1. The van der Waals surface area contributed by atoms with Crippen LogP contribution in [0.25, 0.3) is 5.69 Å². The molecule has 1 fully saturated rings. The lowest BCUT2D eigenvalue weighted by atomic mass is 10.0. The van der Waals surface area contributed by atoms with E-state index in [1.165, 1.54) is 16.8 Å². The highest BCUT2D eigenvalue weighted by molar-refractivity contribution is 6.04. The maximum absolute atomic E-state index is 12.9. The third-order valence-corrected chi connectivity index (χ3v) is 6.18. The van der Waals surface area contributed by atoms with E-state index in [0.717, 1.165) is 31.4 Å². The number of carbonyl (C=O) groups excluding carboxylic acids is 2. The van der Waals surface area contributed by atoms with Gasteiger partial charge < -0.3 is 10.2 Å². The van der Waals surface area contributed by atoms with E-state index < -0.39 is 10.8 Å². The number of hydrogen-bond donors (Lipinski definition) is 1. The first-order valence-corrected chi connectivity index (χ1v) is 11.2. The monoisotopic (exact) mass is 462 g/mol. The summed E-state index contributed by atoms with van der Waals surface area (Å²) in [6, 6.07) is 11.4. The predicted octanol–water partition coefficient (Wildman–Crippen LogP) is 4.06. The van der Waals surface area contributed by atoms with Crippen molar-refractivity contribution in [2.24, 2.45) is 0 Å². The number of hydrogen-bond acceptors (Lipinski definition) is 6. The second kappa shape index (κ2) is 9.42. The van der Waals surface area contributed by atoms with Crippen molar-refractivity contribution in [3.63, 3.8) is 0 Å². The quantitative estimate of drug-likeness (QED) is 0.450. The molecule has 0 spiro atoms. The molecule has 1 saturated heterocycles. The van der Waals surface area contributed by atoms with Gasteiger partial charge in [-0.15, -0.1) is 5.10 Å². The molecule has 2 amide bonds. The minimum atomic E-state index is -0.494. The molecule has 0 bridgehead atoms. The van der Waals surface area contributed by atoms with Gasteiger partial charge in [0.2, 0.25) is 0 Å². The van der Waals surface area contributed by atoms with Crippen LogP contribution >= 0.6 is 0 Å². The first-order chi connectivity index (χ1) is 16.3. The van der Waals surface area contributed by atoms with Crippen LogP contribution in [0.1, 0.15) is 58.3 Å². The Morgan fingerprint density at radius 2 is 1.94 bits per heavy atom. The van der Waals surface area contributed by atoms with Gasteiger partial charge in [-0.25, -0.2) is 4.68 Å². The van der Waals surface area contributed by atoms with Crippen molar-refractivity contribution in [2.45, 2.75) is 46.1 Å². The van der Waals surface area contributed by atoms with Crippen molar-refractivity contribution >= 4 is 23.2 Å². The van der Waals surface area contributed by atoms with Gasteiger partial charge in [0.1, 0.15) is 0 Å². The van der Waals surface area contributed by atoms with Crippen LogP contribution in [0.3, 0.4) is 0 Å². The summed E-state index contributed by atoms with van der Waals surface area (Å²) in [6.45, 7) is 6.33. The molecule has 0 saturated carbocycles. The summed E-state index contributed by atoms with van der Waals surface area (Å²) in [5.74, 6) is -0.454. The van der Waals surface area contributed by atoms with Crippen LogP contribution in [-0.4, -0.2) is 49.2 Å². The van der Waals surface area contributed by atoms with Crippen molar-refractivity contribution in [2.75, 3.05) is 11.9 Å². The number of piperidine rings is 1. The zero-order valence-corrected chi connectivity index (χ0v) is 19.3. The molecule has 1 aromatic heterocycles. The Morgan fingerprint density at radius 3 is 2.65 bits per heavy atom. The summed E-state index contributed by atoms with van der Waals surface area (Å²) in [4.78, 5) is 38.3. The van der Waals surface area contributed by atoms with Gasteiger partial charge in [0.15, 0.2) is 5.69 Å². The largest absolute Gasteiger partial charge is 0.336 e. The van der Waals surface area contributed by atoms with Crippen molar-refractivity contribution in [1.82, 2.24) is 19.9 Å². The molecule has 0 aliphatic carbocycles. The van der Waals surface area contributed by atoms with Gasteiger partial charge >= 0.3 is 0 Å². The molecule has 1 N–H and O–H groups in total. The molecule has 1 aliphatic rings. The number of rotatable bonds is 5. The Hall–Kier alpha value is -4.08. The van der Waals surface area contributed by atoms with Crippen LogP contribution in [-0.2, 0) is 0 Å². The molecule has 2 heterocycles. The summed E-state index contributed by atoms with van der Waals surface area (Å²) in [5.41, 5.74) is 2.82. The number of nitro benzene ring substituents is 1. The fourth-order valence-electron chi connectivity index (χ4n) is 4.21. The second-order valence-corrected chi connectivity index (χ2v) is 8.54. The van der Waals surface area contributed by atoms with Crippen LogP contribution in [0.5, 0.6) is 0 Å². The minimum absolute atomic E-state index is 0.00363. The Bertz CT molecular complexity index is 1270. The number of anilines is 1. The molecule has 1 unspecified atom stereocenters. The molecule has 10 heteroatoms. The molecule has 4 rings (SSSR count). The number of non-ortho nitro benzene ring substituents is 1. The summed E-state index contributed by atoms with van der Waals surface area (Å²) >= 11 is 0. The lowest BCUT2D eigenvalue weighted by Crippen LogP contribution is -2.42. The van der Waals surface area contributed by atoms with E-state index in [0.29, 0.717) is 22.6 Å². The van der Waals surface area contributed by atoms with E-state index in [1.54, 1.807) is 37.3 Å². The fraction of sp³-hybridized carbons (Fsp3) is 0.333. The highest BCUT2D eigenvalue weighted by Gasteiger charge is 2.25. The van der Waals surface area contributed by atoms with Gasteiger partial charge in [-0.3, -0.25) is 19.7 Å². The maximum atomic E-state index is 12.9. The maximum Gasteiger partial charge on any atom is 0.278 e. The zero-order valence-electron chi connectivity index (χ0n) is 19.3. The van der Waals surface area contributed by atoms with Gasteiger partial charge in [-0.2, -0.15) is 0 Å². The van der Waals surface area contributed by atoms with Crippen LogP contribution in [0.15, 0.2) is 42.5 Å². The number of likely N-dealkylation sites (tertiary alicyclic amines) is 1. The van der Waals surface area contributed by atoms with Crippen LogP contribution in [0.2, 0.25) is 0 Å². The smallest absolute Gasteiger partial charge is 0.278 e.